The molecule has 0 unspecified atom stereocenters. The van der Waals surface area contributed by atoms with E-state index in [-0.39, 0.29) is 17.1 Å². The van der Waals surface area contributed by atoms with Crippen molar-refractivity contribution in [1.82, 2.24) is 4.57 Å². The highest BCUT2D eigenvalue weighted by molar-refractivity contribution is 7.91. The number of sulfone groups is 1. The number of hydrogen-bond acceptors (Lipinski definition) is 5. The van der Waals surface area contributed by atoms with Crippen LogP contribution in [0.1, 0.15) is 17.5 Å². The van der Waals surface area contributed by atoms with Crippen LogP contribution in [0.4, 0.5) is 0 Å². The van der Waals surface area contributed by atoms with Crippen LogP contribution in [-0.4, -0.2) is 31.8 Å². The van der Waals surface area contributed by atoms with Crippen LogP contribution in [0.3, 0.4) is 0 Å². The molecule has 0 saturated heterocycles. The Labute approximate surface area is 168 Å². The summed E-state index contributed by atoms with van der Waals surface area (Å²) in [6, 6.07) is 10.2. The van der Waals surface area contributed by atoms with Crippen molar-refractivity contribution in [2.75, 3.05) is 12.9 Å². The molecule has 0 atom stereocenters. The smallest absolute Gasteiger partial charge is 0.249 e. The molecular formula is C20H22N2O4S2. The largest absolute Gasteiger partial charge is 0.497 e. The summed E-state index contributed by atoms with van der Waals surface area (Å²) >= 11 is 1.44. The van der Waals surface area contributed by atoms with E-state index in [1.807, 2.05) is 37.6 Å². The summed E-state index contributed by atoms with van der Waals surface area (Å²) in [7, 11) is -0.179. The molecule has 8 heteroatoms. The fourth-order valence-electron chi connectivity index (χ4n) is 2.95. The van der Waals surface area contributed by atoms with Crippen molar-refractivity contribution in [1.29, 1.82) is 0 Å². The van der Waals surface area contributed by atoms with E-state index in [9.17, 15) is 13.2 Å². The second-order valence-electron chi connectivity index (χ2n) is 6.57. The van der Waals surface area contributed by atoms with Gasteiger partial charge in [0, 0.05) is 13.5 Å². The Kier molecular flexibility index (Phi) is 5.71. The van der Waals surface area contributed by atoms with E-state index in [0.717, 1.165) is 21.3 Å². The molecule has 0 spiro atoms. The zero-order valence-corrected chi connectivity index (χ0v) is 17.9. The normalized spacial score (nSPS) is 12.5. The first kappa shape index (κ1) is 20.3. The minimum Gasteiger partial charge on any atom is -0.497 e. The lowest BCUT2D eigenvalue weighted by Gasteiger charge is -2.04. The van der Waals surface area contributed by atoms with Gasteiger partial charge in [0.1, 0.15) is 5.75 Å². The number of carbonyl (C=O) groups excluding carboxylic acids is 1. The fourth-order valence-corrected chi connectivity index (χ4v) is 5.37. The molecule has 3 rings (SSSR count). The van der Waals surface area contributed by atoms with Crippen LogP contribution in [0.15, 0.2) is 46.3 Å². The molecule has 2 aromatic carbocycles. The van der Waals surface area contributed by atoms with Gasteiger partial charge in [-0.25, -0.2) is 8.42 Å². The van der Waals surface area contributed by atoms with E-state index in [0.29, 0.717) is 10.6 Å². The van der Waals surface area contributed by atoms with E-state index in [4.69, 9.17) is 4.74 Å². The summed E-state index contributed by atoms with van der Waals surface area (Å²) in [5, 5.41) is 0. The highest BCUT2D eigenvalue weighted by atomic mass is 32.2. The minimum absolute atomic E-state index is 0.166. The van der Waals surface area contributed by atoms with Crippen LogP contribution in [0.25, 0.3) is 10.2 Å². The van der Waals surface area contributed by atoms with Crippen molar-refractivity contribution in [3.8, 4) is 5.75 Å². The van der Waals surface area contributed by atoms with Crippen molar-refractivity contribution >= 4 is 37.3 Å². The summed E-state index contributed by atoms with van der Waals surface area (Å²) < 4.78 is 32.9. The van der Waals surface area contributed by atoms with E-state index in [1.54, 1.807) is 12.1 Å². The molecular weight excluding hydrogens is 396 g/mol. The van der Waals surface area contributed by atoms with Gasteiger partial charge in [-0.05, 0) is 49.2 Å². The van der Waals surface area contributed by atoms with Gasteiger partial charge in [-0.15, -0.1) is 0 Å². The van der Waals surface area contributed by atoms with Crippen molar-refractivity contribution < 1.29 is 17.9 Å². The molecule has 1 aromatic heterocycles. The fraction of sp³-hybridized carbons (Fsp3) is 0.300. The third kappa shape index (κ3) is 4.02. The lowest BCUT2D eigenvalue weighted by Crippen LogP contribution is -2.16. The van der Waals surface area contributed by atoms with Crippen molar-refractivity contribution in [2.45, 2.75) is 25.2 Å². The topological polar surface area (TPSA) is 77.7 Å². The second kappa shape index (κ2) is 7.89. The van der Waals surface area contributed by atoms with Crippen LogP contribution in [0, 0.1) is 13.8 Å². The van der Waals surface area contributed by atoms with Gasteiger partial charge in [-0.2, -0.15) is 4.99 Å². The van der Waals surface area contributed by atoms with E-state index in [1.165, 1.54) is 30.6 Å². The van der Waals surface area contributed by atoms with Gasteiger partial charge in [-0.1, -0.05) is 23.5 Å². The Balaban J connectivity index is 1.82. The number of methoxy groups -OCH3 is 1. The predicted molar refractivity (Wildman–Crippen MR) is 111 cm³/mol. The number of aromatic nitrogens is 1. The molecule has 0 fully saturated rings. The average Bonchev–Trinajstić information content (AvgIpc) is 3.01. The zero-order valence-electron chi connectivity index (χ0n) is 16.2. The molecule has 0 aliphatic heterocycles. The molecule has 6 nitrogen and oxygen atoms in total. The quantitative estimate of drug-likeness (QED) is 0.638. The van der Waals surface area contributed by atoms with E-state index >= 15 is 0 Å². The van der Waals surface area contributed by atoms with Crippen molar-refractivity contribution in [3.63, 3.8) is 0 Å². The molecule has 0 N–H and O–H groups in total. The number of rotatable bonds is 5. The predicted octanol–water partition coefficient (Wildman–Crippen LogP) is 3.16. The Morgan fingerprint density at radius 2 is 1.75 bits per heavy atom. The number of amides is 1. The number of fused-ring (bicyclic) bond motifs is 1. The molecule has 3 aromatic rings. The van der Waals surface area contributed by atoms with Crippen molar-refractivity contribution in [3.05, 3.63) is 52.3 Å². The minimum atomic E-state index is -3.56. The maximum absolute atomic E-state index is 12.4. The Bertz CT molecular complexity index is 1200. The Morgan fingerprint density at radius 1 is 1.11 bits per heavy atom. The first-order valence-corrected chi connectivity index (χ1v) is 11.2. The highest BCUT2D eigenvalue weighted by Gasteiger charge is 2.17. The molecule has 1 amide bonds. The van der Waals surface area contributed by atoms with Gasteiger partial charge in [0.2, 0.25) is 5.91 Å². The van der Waals surface area contributed by atoms with Gasteiger partial charge in [0.15, 0.2) is 14.6 Å². The lowest BCUT2D eigenvalue weighted by atomic mass is 10.1. The standard InChI is InChI=1S/C20H22N2O4S2/c1-13-5-6-14(2)19-18(13)22(3)20(27-19)21-17(23)11-12-28(24,25)16-9-7-15(26-4)8-10-16/h5-10H,11-12H2,1-4H3. The molecule has 148 valence electrons. The average molecular weight is 419 g/mol. The first-order chi connectivity index (χ1) is 13.2. The van der Waals surface area contributed by atoms with E-state index < -0.39 is 15.7 Å². The summed E-state index contributed by atoms with van der Waals surface area (Å²) in [5.41, 5.74) is 3.27. The summed E-state index contributed by atoms with van der Waals surface area (Å²) in [5.74, 6) is -0.156. The number of nitrogens with zero attached hydrogens (tertiary/aromatic N) is 2. The third-order valence-corrected chi connectivity index (χ3v) is 7.57. The number of thiazole rings is 1. The third-order valence-electron chi connectivity index (χ3n) is 4.57. The number of carbonyl (C=O) groups is 1. The maximum atomic E-state index is 12.4. The second-order valence-corrected chi connectivity index (χ2v) is 9.66. The summed E-state index contributed by atoms with van der Waals surface area (Å²) in [6.07, 6.45) is -0.166. The zero-order chi connectivity index (χ0) is 20.5. The molecule has 0 aliphatic rings. The number of hydrogen-bond donors (Lipinski definition) is 0. The van der Waals surface area contributed by atoms with Gasteiger partial charge in [0.25, 0.3) is 0 Å². The summed E-state index contributed by atoms with van der Waals surface area (Å²) in [6.45, 7) is 4.03. The van der Waals surface area contributed by atoms with Crippen LogP contribution >= 0.6 is 11.3 Å². The molecule has 1 heterocycles. The number of ether oxygens (including phenoxy) is 1. The summed E-state index contributed by atoms with van der Waals surface area (Å²) in [4.78, 5) is 17.2. The van der Waals surface area contributed by atoms with Crippen LogP contribution in [0.5, 0.6) is 5.75 Å². The van der Waals surface area contributed by atoms with Gasteiger partial charge in [-0.3, -0.25) is 4.79 Å². The first-order valence-electron chi connectivity index (χ1n) is 8.73. The van der Waals surface area contributed by atoms with E-state index in [2.05, 4.69) is 4.99 Å². The van der Waals surface area contributed by atoms with Crippen LogP contribution < -0.4 is 9.54 Å². The molecule has 0 bridgehead atoms. The Morgan fingerprint density at radius 3 is 2.36 bits per heavy atom. The lowest BCUT2D eigenvalue weighted by molar-refractivity contribution is -0.117. The van der Waals surface area contributed by atoms with Gasteiger partial charge in [0.05, 0.1) is 28.0 Å². The molecule has 0 radical (unpaired) electrons. The monoisotopic (exact) mass is 418 g/mol. The molecule has 0 aliphatic carbocycles. The number of aryl methyl sites for hydroxylation is 3. The van der Waals surface area contributed by atoms with Crippen LogP contribution in [-0.2, 0) is 21.7 Å². The van der Waals surface area contributed by atoms with Crippen molar-refractivity contribution in [2.24, 2.45) is 12.0 Å². The van der Waals surface area contributed by atoms with Gasteiger partial charge >= 0.3 is 0 Å². The SMILES string of the molecule is COc1ccc(S(=O)(=O)CCC(=O)N=c2sc3c(C)ccc(C)c3n2C)cc1. The highest BCUT2D eigenvalue weighted by Crippen LogP contribution is 2.24. The molecule has 0 saturated carbocycles. The molecule has 28 heavy (non-hydrogen) atoms. The van der Waals surface area contributed by atoms with Crippen LogP contribution in [0.2, 0.25) is 0 Å². The van der Waals surface area contributed by atoms with Gasteiger partial charge < -0.3 is 9.30 Å². The maximum Gasteiger partial charge on any atom is 0.249 e. The number of benzene rings is 2. The Hall–Kier alpha value is -2.45.